The predicted molar refractivity (Wildman–Crippen MR) is 90.6 cm³/mol. The van der Waals surface area contributed by atoms with Crippen molar-refractivity contribution >= 4 is 12.3 Å². The molecule has 126 valence electrons. The van der Waals surface area contributed by atoms with Gasteiger partial charge in [-0.25, -0.2) is 4.79 Å². The summed E-state index contributed by atoms with van der Waals surface area (Å²) in [6, 6.07) is 9.05. The third-order valence-electron chi connectivity index (χ3n) is 3.77. The van der Waals surface area contributed by atoms with E-state index in [0.717, 1.165) is 23.0 Å². The first-order chi connectivity index (χ1) is 11.5. The molecule has 0 N–H and O–H groups in total. The van der Waals surface area contributed by atoms with E-state index in [-0.39, 0.29) is 18.1 Å². The minimum atomic E-state index is -0.536. The van der Waals surface area contributed by atoms with Gasteiger partial charge in [-0.1, -0.05) is 18.2 Å². The molecule has 2 aromatic carbocycles. The zero-order valence-electron chi connectivity index (χ0n) is 14.2. The SMILES string of the molecule is COCOc1cc(C=O)c(-c2c(C)cccc2C)cc1C(=O)OC. The van der Waals surface area contributed by atoms with E-state index in [1.165, 1.54) is 14.2 Å². The Labute approximate surface area is 141 Å². The number of carbonyl (C=O) groups excluding carboxylic acids is 2. The van der Waals surface area contributed by atoms with Crippen LogP contribution in [0.5, 0.6) is 5.75 Å². The molecule has 0 radical (unpaired) electrons. The first kappa shape index (κ1) is 17.7. The van der Waals surface area contributed by atoms with Gasteiger partial charge in [-0.3, -0.25) is 4.79 Å². The fourth-order valence-corrected chi connectivity index (χ4v) is 2.66. The van der Waals surface area contributed by atoms with Crippen LogP contribution in [0, 0.1) is 13.8 Å². The fraction of sp³-hybridized carbons (Fsp3) is 0.263. The molecule has 2 aromatic rings. The molecule has 0 bridgehead atoms. The Morgan fingerprint density at radius 3 is 2.33 bits per heavy atom. The van der Waals surface area contributed by atoms with E-state index in [4.69, 9.17) is 14.2 Å². The van der Waals surface area contributed by atoms with Crippen molar-refractivity contribution in [3.8, 4) is 16.9 Å². The van der Waals surface area contributed by atoms with Crippen LogP contribution in [-0.4, -0.2) is 33.3 Å². The minimum absolute atomic E-state index is 0.0367. The van der Waals surface area contributed by atoms with Crippen LogP contribution in [0.4, 0.5) is 0 Å². The summed E-state index contributed by atoms with van der Waals surface area (Å²) in [5, 5.41) is 0. The van der Waals surface area contributed by atoms with Crippen molar-refractivity contribution in [1.82, 2.24) is 0 Å². The van der Waals surface area contributed by atoms with Gasteiger partial charge in [0.05, 0.1) is 7.11 Å². The number of methoxy groups -OCH3 is 2. The lowest BCUT2D eigenvalue weighted by atomic mass is 9.91. The largest absolute Gasteiger partial charge is 0.467 e. The second kappa shape index (κ2) is 7.75. The Balaban J connectivity index is 2.72. The van der Waals surface area contributed by atoms with Gasteiger partial charge in [0, 0.05) is 12.7 Å². The Kier molecular flexibility index (Phi) is 5.71. The number of aldehydes is 1. The van der Waals surface area contributed by atoms with Gasteiger partial charge >= 0.3 is 5.97 Å². The average Bonchev–Trinajstić information content (AvgIpc) is 2.59. The van der Waals surface area contributed by atoms with E-state index in [9.17, 15) is 9.59 Å². The zero-order chi connectivity index (χ0) is 17.7. The lowest BCUT2D eigenvalue weighted by Crippen LogP contribution is -2.09. The molecule has 0 aromatic heterocycles. The topological polar surface area (TPSA) is 61.8 Å². The Morgan fingerprint density at radius 1 is 1.12 bits per heavy atom. The quantitative estimate of drug-likeness (QED) is 0.461. The molecule has 24 heavy (non-hydrogen) atoms. The third kappa shape index (κ3) is 3.46. The molecule has 0 aliphatic heterocycles. The van der Waals surface area contributed by atoms with E-state index in [1.807, 2.05) is 32.0 Å². The molecule has 0 saturated carbocycles. The maximum Gasteiger partial charge on any atom is 0.341 e. The molecule has 0 atom stereocenters. The van der Waals surface area contributed by atoms with Crippen molar-refractivity contribution in [2.75, 3.05) is 21.0 Å². The molecule has 5 heteroatoms. The number of hydrogen-bond donors (Lipinski definition) is 0. The van der Waals surface area contributed by atoms with E-state index < -0.39 is 5.97 Å². The van der Waals surface area contributed by atoms with E-state index in [0.29, 0.717) is 11.1 Å². The smallest absolute Gasteiger partial charge is 0.341 e. The highest BCUT2D eigenvalue weighted by atomic mass is 16.7. The summed E-state index contributed by atoms with van der Waals surface area (Å²) in [7, 11) is 2.78. The summed E-state index contributed by atoms with van der Waals surface area (Å²) in [4.78, 5) is 23.7. The second-order valence-corrected chi connectivity index (χ2v) is 5.36. The molecule has 0 aliphatic rings. The Bertz CT molecular complexity index is 744. The van der Waals surface area contributed by atoms with Crippen LogP contribution in [0.3, 0.4) is 0 Å². The first-order valence-corrected chi connectivity index (χ1v) is 7.43. The van der Waals surface area contributed by atoms with E-state index >= 15 is 0 Å². The van der Waals surface area contributed by atoms with Crippen molar-refractivity contribution in [3.63, 3.8) is 0 Å². The van der Waals surface area contributed by atoms with Crippen LogP contribution in [0.15, 0.2) is 30.3 Å². The molecule has 2 rings (SSSR count). The Hall–Kier alpha value is -2.66. The number of aryl methyl sites for hydroxylation is 2. The maximum atomic E-state index is 12.1. The highest BCUT2D eigenvalue weighted by molar-refractivity contribution is 5.98. The highest BCUT2D eigenvalue weighted by Crippen LogP contribution is 2.34. The second-order valence-electron chi connectivity index (χ2n) is 5.36. The summed E-state index contributed by atoms with van der Waals surface area (Å²) >= 11 is 0. The van der Waals surface area contributed by atoms with Gasteiger partial charge in [0.15, 0.2) is 13.1 Å². The van der Waals surface area contributed by atoms with Crippen LogP contribution in [0.1, 0.15) is 31.8 Å². The van der Waals surface area contributed by atoms with Crippen LogP contribution >= 0.6 is 0 Å². The van der Waals surface area contributed by atoms with Gasteiger partial charge in [0.25, 0.3) is 0 Å². The molecule has 0 aliphatic carbocycles. The van der Waals surface area contributed by atoms with Gasteiger partial charge in [0.2, 0.25) is 0 Å². The molecule has 0 saturated heterocycles. The standard InChI is InChI=1S/C19H20O5/c1-12-6-5-7-13(2)18(12)15-9-16(19(21)23-4)17(24-11-22-3)8-14(15)10-20/h5-10H,11H2,1-4H3. The van der Waals surface area contributed by atoms with Gasteiger partial charge in [0.1, 0.15) is 11.3 Å². The molecule has 5 nitrogen and oxygen atoms in total. The first-order valence-electron chi connectivity index (χ1n) is 7.43. The lowest BCUT2D eigenvalue weighted by molar-refractivity contribution is 0.0464. The van der Waals surface area contributed by atoms with Crippen molar-refractivity contribution < 1.29 is 23.8 Å². The highest BCUT2D eigenvalue weighted by Gasteiger charge is 2.20. The summed E-state index contributed by atoms with van der Waals surface area (Å²) in [5.41, 5.74) is 4.30. The fourth-order valence-electron chi connectivity index (χ4n) is 2.66. The zero-order valence-corrected chi connectivity index (χ0v) is 14.2. The van der Waals surface area contributed by atoms with Gasteiger partial charge in [-0.15, -0.1) is 0 Å². The van der Waals surface area contributed by atoms with Crippen LogP contribution in [0.2, 0.25) is 0 Å². The molecule has 0 unspecified atom stereocenters. The number of rotatable bonds is 6. The van der Waals surface area contributed by atoms with Gasteiger partial charge < -0.3 is 14.2 Å². The summed E-state index contributed by atoms with van der Waals surface area (Å²) in [6.07, 6.45) is 0.752. The summed E-state index contributed by atoms with van der Waals surface area (Å²) < 4.78 is 15.1. The molecule has 0 amide bonds. The molecular formula is C19H20O5. The minimum Gasteiger partial charge on any atom is -0.467 e. The van der Waals surface area contributed by atoms with E-state index in [1.54, 1.807) is 12.1 Å². The Morgan fingerprint density at radius 2 is 1.79 bits per heavy atom. The van der Waals surface area contributed by atoms with Crippen LogP contribution in [0.25, 0.3) is 11.1 Å². The number of esters is 1. The number of carbonyl (C=O) groups is 2. The maximum absolute atomic E-state index is 12.1. The van der Waals surface area contributed by atoms with Crippen LogP contribution in [-0.2, 0) is 9.47 Å². The van der Waals surface area contributed by atoms with Crippen LogP contribution < -0.4 is 4.74 Å². The molecule has 0 spiro atoms. The van der Waals surface area contributed by atoms with Gasteiger partial charge in [-0.2, -0.15) is 0 Å². The summed E-state index contributed by atoms with van der Waals surface area (Å²) in [5.74, 6) is -0.285. The number of hydrogen-bond acceptors (Lipinski definition) is 5. The molecular weight excluding hydrogens is 308 g/mol. The third-order valence-corrected chi connectivity index (χ3v) is 3.77. The lowest BCUT2D eigenvalue weighted by Gasteiger charge is -2.16. The predicted octanol–water partition coefficient (Wildman–Crippen LogP) is 3.55. The molecule has 0 heterocycles. The summed E-state index contributed by atoms with van der Waals surface area (Å²) in [6.45, 7) is 3.89. The number of benzene rings is 2. The normalized spacial score (nSPS) is 10.3. The monoisotopic (exact) mass is 328 g/mol. The molecule has 0 fully saturated rings. The van der Waals surface area contributed by atoms with Crippen molar-refractivity contribution in [2.24, 2.45) is 0 Å². The van der Waals surface area contributed by atoms with Crippen molar-refractivity contribution in [3.05, 3.63) is 52.6 Å². The average molecular weight is 328 g/mol. The van der Waals surface area contributed by atoms with Crippen molar-refractivity contribution in [2.45, 2.75) is 13.8 Å². The number of ether oxygens (including phenoxy) is 3. The van der Waals surface area contributed by atoms with Gasteiger partial charge in [-0.05, 0) is 48.2 Å². The van der Waals surface area contributed by atoms with E-state index in [2.05, 4.69) is 0 Å². The van der Waals surface area contributed by atoms with Crippen molar-refractivity contribution in [1.29, 1.82) is 0 Å².